The number of hydrogen-bond acceptors (Lipinski definition) is 6. The highest BCUT2D eigenvalue weighted by Crippen LogP contribution is 2.31. The fourth-order valence-electron chi connectivity index (χ4n) is 2.87. The Bertz CT molecular complexity index is 1200. The molecule has 0 aliphatic heterocycles. The van der Waals surface area contributed by atoms with Crippen molar-refractivity contribution in [3.63, 3.8) is 0 Å². The van der Waals surface area contributed by atoms with Gasteiger partial charge in [0.15, 0.2) is 12.0 Å². The number of phenols is 1. The van der Waals surface area contributed by atoms with Crippen LogP contribution in [-0.2, 0) is 11.3 Å². The lowest BCUT2D eigenvalue weighted by Gasteiger charge is -2.09. The van der Waals surface area contributed by atoms with E-state index in [1.807, 2.05) is 47.8 Å². The average Bonchev–Trinajstić information content (AvgIpc) is 3.24. The Morgan fingerprint density at radius 2 is 1.93 bits per heavy atom. The standard InChI is InChI=1S/C22H17NO5S/c24-17-9-15(27-13-21(26)23-12-16-7-4-8-29-16)10-20-22(17)18(25)11-19(28-20)14-5-2-1-3-6-14/h1-11,24H,12-13H2,(H,23,26). The number of amides is 1. The van der Waals surface area contributed by atoms with E-state index < -0.39 is 0 Å². The van der Waals surface area contributed by atoms with Gasteiger partial charge >= 0.3 is 0 Å². The van der Waals surface area contributed by atoms with Gasteiger partial charge in [-0.25, -0.2) is 0 Å². The first-order valence-electron chi connectivity index (χ1n) is 8.88. The van der Waals surface area contributed by atoms with Gasteiger partial charge in [-0.1, -0.05) is 36.4 Å². The third kappa shape index (κ3) is 4.30. The second-order valence-corrected chi connectivity index (χ2v) is 7.33. The highest BCUT2D eigenvalue weighted by atomic mass is 32.1. The van der Waals surface area contributed by atoms with Crippen LogP contribution in [0, 0.1) is 0 Å². The predicted molar refractivity (Wildman–Crippen MR) is 111 cm³/mol. The van der Waals surface area contributed by atoms with Crippen LogP contribution >= 0.6 is 11.3 Å². The molecule has 2 heterocycles. The van der Waals surface area contributed by atoms with Crippen LogP contribution in [0.15, 0.2) is 75.3 Å². The topological polar surface area (TPSA) is 88.8 Å². The maximum absolute atomic E-state index is 12.4. The number of thiophene rings is 1. The molecule has 6 nitrogen and oxygen atoms in total. The highest BCUT2D eigenvalue weighted by Gasteiger charge is 2.13. The molecule has 0 saturated heterocycles. The summed E-state index contributed by atoms with van der Waals surface area (Å²) in [7, 11) is 0. The summed E-state index contributed by atoms with van der Waals surface area (Å²) in [6.07, 6.45) is 0. The molecular weight excluding hydrogens is 390 g/mol. The molecule has 2 aromatic carbocycles. The molecule has 0 aliphatic carbocycles. The van der Waals surface area contributed by atoms with Gasteiger partial charge in [-0.05, 0) is 11.4 Å². The Hall–Kier alpha value is -3.58. The van der Waals surface area contributed by atoms with Gasteiger partial charge in [-0.2, -0.15) is 0 Å². The van der Waals surface area contributed by atoms with Gasteiger partial charge in [-0.3, -0.25) is 9.59 Å². The van der Waals surface area contributed by atoms with E-state index in [9.17, 15) is 14.7 Å². The number of ether oxygens (including phenoxy) is 1. The maximum Gasteiger partial charge on any atom is 0.258 e. The van der Waals surface area contributed by atoms with Gasteiger partial charge in [0, 0.05) is 28.6 Å². The quantitative estimate of drug-likeness (QED) is 0.506. The van der Waals surface area contributed by atoms with Gasteiger partial charge in [0.05, 0.1) is 6.54 Å². The van der Waals surface area contributed by atoms with Gasteiger partial charge in [0.1, 0.15) is 28.2 Å². The number of rotatable bonds is 6. The van der Waals surface area contributed by atoms with Crippen LogP contribution in [-0.4, -0.2) is 17.6 Å². The van der Waals surface area contributed by atoms with Crippen LogP contribution in [0.3, 0.4) is 0 Å². The molecule has 4 aromatic rings. The maximum atomic E-state index is 12.4. The van der Waals surface area contributed by atoms with E-state index in [2.05, 4.69) is 5.32 Å². The summed E-state index contributed by atoms with van der Waals surface area (Å²) in [6, 6.07) is 17.2. The SMILES string of the molecule is O=C(COc1cc(O)c2c(=O)cc(-c3ccccc3)oc2c1)NCc1cccs1. The minimum Gasteiger partial charge on any atom is -0.507 e. The number of benzene rings is 2. The van der Waals surface area contributed by atoms with Gasteiger partial charge < -0.3 is 19.6 Å². The molecule has 0 radical (unpaired) electrons. The van der Waals surface area contributed by atoms with Crippen molar-refractivity contribution in [2.45, 2.75) is 6.54 Å². The van der Waals surface area contributed by atoms with Crippen molar-refractivity contribution in [2.75, 3.05) is 6.61 Å². The number of hydrogen-bond donors (Lipinski definition) is 2. The number of aromatic hydroxyl groups is 1. The zero-order chi connectivity index (χ0) is 20.2. The van der Waals surface area contributed by atoms with Crippen LogP contribution in [0.1, 0.15) is 4.88 Å². The second kappa shape index (κ2) is 8.20. The van der Waals surface area contributed by atoms with Crippen molar-refractivity contribution in [3.8, 4) is 22.8 Å². The first-order chi connectivity index (χ1) is 14.1. The fraction of sp³-hybridized carbons (Fsp3) is 0.0909. The van der Waals surface area contributed by atoms with Gasteiger partial charge in [-0.15, -0.1) is 11.3 Å². The third-order valence-electron chi connectivity index (χ3n) is 4.25. The fourth-order valence-corrected chi connectivity index (χ4v) is 3.51. The van der Waals surface area contributed by atoms with E-state index in [1.165, 1.54) is 18.2 Å². The number of phenolic OH excluding ortho intramolecular Hbond substituents is 1. The number of nitrogens with one attached hydrogen (secondary N) is 1. The van der Waals surface area contributed by atoms with Crippen LogP contribution in [0.5, 0.6) is 11.5 Å². The molecule has 0 saturated carbocycles. The molecule has 146 valence electrons. The van der Waals surface area contributed by atoms with E-state index in [0.717, 1.165) is 10.4 Å². The molecule has 7 heteroatoms. The van der Waals surface area contributed by atoms with Crippen LogP contribution in [0.4, 0.5) is 0 Å². The van der Waals surface area contributed by atoms with Gasteiger partial charge in [0.2, 0.25) is 0 Å². The normalized spacial score (nSPS) is 10.8. The average molecular weight is 407 g/mol. The Balaban J connectivity index is 1.54. The smallest absolute Gasteiger partial charge is 0.258 e. The van der Waals surface area contributed by atoms with Crippen molar-refractivity contribution < 1.29 is 19.1 Å². The molecular formula is C22H17NO5S. The van der Waals surface area contributed by atoms with E-state index in [4.69, 9.17) is 9.15 Å². The van der Waals surface area contributed by atoms with Crippen molar-refractivity contribution in [1.29, 1.82) is 0 Å². The van der Waals surface area contributed by atoms with E-state index in [-0.39, 0.29) is 40.4 Å². The lowest BCUT2D eigenvalue weighted by molar-refractivity contribution is -0.123. The summed E-state index contributed by atoms with van der Waals surface area (Å²) < 4.78 is 11.3. The summed E-state index contributed by atoms with van der Waals surface area (Å²) in [5, 5.41) is 15.0. The Kier molecular flexibility index (Phi) is 5.31. The number of fused-ring (bicyclic) bond motifs is 1. The summed E-state index contributed by atoms with van der Waals surface area (Å²) in [5.74, 6) is 0.0605. The number of carbonyl (C=O) groups is 1. The Morgan fingerprint density at radius 3 is 2.69 bits per heavy atom. The van der Waals surface area contributed by atoms with Crippen molar-refractivity contribution >= 4 is 28.2 Å². The summed E-state index contributed by atoms with van der Waals surface area (Å²) in [5.41, 5.74) is 0.568. The Morgan fingerprint density at radius 1 is 1.10 bits per heavy atom. The zero-order valence-corrected chi connectivity index (χ0v) is 16.1. The van der Waals surface area contributed by atoms with Crippen LogP contribution in [0.25, 0.3) is 22.3 Å². The molecule has 2 aromatic heterocycles. The summed E-state index contributed by atoms with van der Waals surface area (Å²) in [4.78, 5) is 25.5. The van der Waals surface area contributed by atoms with E-state index in [0.29, 0.717) is 12.3 Å². The van der Waals surface area contributed by atoms with Crippen LogP contribution in [0.2, 0.25) is 0 Å². The molecule has 0 unspecified atom stereocenters. The first-order valence-corrected chi connectivity index (χ1v) is 9.76. The predicted octanol–water partition coefficient (Wildman–Crippen LogP) is 3.92. The largest absolute Gasteiger partial charge is 0.507 e. The molecule has 0 fully saturated rings. The molecule has 0 aliphatic rings. The van der Waals surface area contributed by atoms with Crippen LogP contribution < -0.4 is 15.5 Å². The zero-order valence-electron chi connectivity index (χ0n) is 15.3. The molecule has 2 N–H and O–H groups in total. The Labute approximate surface area is 170 Å². The minimum absolute atomic E-state index is 0.0687. The lowest BCUT2D eigenvalue weighted by atomic mass is 10.1. The molecule has 0 spiro atoms. The molecule has 29 heavy (non-hydrogen) atoms. The van der Waals surface area contributed by atoms with Crippen molar-refractivity contribution in [1.82, 2.24) is 5.32 Å². The molecule has 1 amide bonds. The van der Waals surface area contributed by atoms with E-state index in [1.54, 1.807) is 11.3 Å². The van der Waals surface area contributed by atoms with Crippen molar-refractivity contribution in [3.05, 3.63) is 81.1 Å². The monoisotopic (exact) mass is 407 g/mol. The van der Waals surface area contributed by atoms with E-state index >= 15 is 0 Å². The summed E-state index contributed by atoms with van der Waals surface area (Å²) >= 11 is 1.55. The summed E-state index contributed by atoms with van der Waals surface area (Å²) in [6.45, 7) is 0.205. The number of carbonyl (C=O) groups excluding carboxylic acids is 1. The minimum atomic E-state index is -0.358. The van der Waals surface area contributed by atoms with Gasteiger partial charge in [0.25, 0.3) is 5.91 Å². The third-order valence-corrected chi connectivity index (χ3v) is 5.13. The molecule has 0 bridgehead atoms. The van der Waals surface area contributed by atoms with Crippen molar-refractivity contribution in [2.24, 2.45) is 0 Å². The molecule has 0 atom stereocenters. The first kappa shape index (κ1) is 18.8. The highest BCUT2D eigenvalue weighted by molar-refractivity contribution is 7.09. The molecule has 4 rings (SSSR count). The second-order valence-electron chi connectivity index (χ2n) is 6.30. The lowest BCUT2D eigenvalue weighted by Crippen LogP contribution is -2.28.